The number of nitrogens with zero attached hydrogens (tertiary/aromatic N) is 1. The summed E-state index contributed by atoms with van der Waals surface area (Å²) < 4.78 is 0. The normalized spacial score (nSPS) is 12.3. The van der Waals surface area contributed by atoms with Crippen LogP contribution in [0.15, 0.2) is 48.7 Å². The van der Waals surface area contributed by atoms with Gasteiger partial charge in [0.05, 0.1) is 0 Å². The Bertz CT molecular complexity index is 485. The molecule has 2 nitrogen and oxygen atoms in total. The monoisotopic (exact) mass is 260 g/mol. The third kappa shape index (κ3) is 3.83. The predicted molar refractivity (Wildman–Crippen MR) is 75.8 cm³/mol. The second-order valence-electron chi connectivity index (χ2n) is 4.30. The fourth-order valence-electron chi connectivity index (χ4n) is 1.86. The number of benzene rings is 1. The summed E-state index contributed by atoms with van der Waals surface area (Å²) in [5, 5.41) is 4.26. The van der Waals surface area contributed by atoms with E-state index in [0.29, 0.717) is 6.04 Å². The predicted octanol–water partition coefficient (Wildman–Crippen LogP) is 3.63. The Hall–Kier alpha value is -1.38. The maximum atomic E-state index is 5.98. The van der Waals surface area contributed by atoms with E-state index in [2.05, 4.69) is 23.3 Å². The lowest BCUT2D eigenvalue weighted by Gasteiger charge is -2.14. The number of rotatable bonds is 5. The maximum Gasteiger partial charge on any atom is 0.0416 e. The van der Waals surface area contributed by atoms with Crippen molar-refractivity contribution in [3.05, 3.63) is 64.9 Å². The van der Waals surface area contributed by atoms with E-state index in [1.165, 1.54) is 5.56 Å². The first-order valence-electron chi connectivity index (χ1n) is 6.14. The molecule has 0 spiro atoms. The van der Waals surface area contributed by atoms with Crippen molar-refractivity contribution in [2.75, 3.05) is 6.54 Å². The molecular weight excluding hydrogens is 244 g/mol. The van der Waals surface area contributed by atoms with Gasteiger partial charge in [-0.25, -0.2) is 0 Å². The Labute approximate surface area is 113 Å². The lowest BCUT2D eigenvalue weighted by molar-refractivity contribution is 0.574. The number of hydrogen-bond donors (Lipinski definition) is 1. The molecule has 3 heteroatoms. The molecule has 18 heavy (non-hydrogen) atoms. The minimum atomic E-state index is 0.299. The largest absolute Gasteiger partial charge is 0.310 e. The van der Waals surface area contributed by atoms with Crippen molar-refractivity contribution in [3.8, 4) is 0 Å². The van der Waals surface area contributed by atoms with Gasteiger partial charge in [-0.1, -0.05) is 29.8 Å². The minimum absolute atomic E-state index is 0.299. The quantitative estimate of drug-likeness (QED) is 0.888. The summed E-state index contributed by atoms with van der Waals surface area (Å²) in [5.74, 6) is 0. The molecule has 1 aromatic heterocycles. The Balaban J connectivity index is 1.83. The van der Waals surface area contributed by atoms with Gasteiger partial charge in [-0.15, -0.1) is 0 Å². The Morgan fingerprint density at radius 3 is 2.83 bits per heavy atom. The summed E-state index contributed by atoms with van der Waals surface area (Å²) in [6.45, 7) is 3.05. The van der Waals surface area contributed by atoms with Gasteiger partial charge in [0, 0.05) is 35.9 Å². The Kier molecular flexibility index (Phi) is 4.73. The highest BCUT2D eigenvalue weighted by Gasteiger charge is 2.04. The molecular formula is C15H17ClN2. The van der Waals surface area contributed by atoms with Gasteiger partial charge in [-0.2, -0.15) is 0 Å². The SMILES string of the molecule is C[C@H](NCCc1ccccn1)c1cccc(Cl)c1. The van der Waals surface area contributed by atoms with Crippen LogP contribution in [0.4, 0.5) is 0 Å². The lowest BCUT2D eigenvalue weighted by Crippen LogP contribution is -2.21. The van der Waals surface area contributed by atoms with Crippen LogP contribution in [0, 0.1) is 0 Å². The van der Waals surface area contributed by atoms with Crippen LogP contribution in [0.25, 0.3) is 0 Å². The zero-order valence-electron chi connectivity index (χ0n) is 10.4. The van der Waals surface area contributed by atoms with Gasteiger partial charge in [0.25, 0.3) is 0 Å². The van der Waals surface area contributed by atoms with Crippen LogP contribution in [0.3, 0.4) is 0 Å². The van der Waals surface area contributed by atoms with Crippen LogP contribution < -0.4 is 5.32 Å². The average molecular weight is 261 g/mol. The van der Waals surface area contributed by atoms with Crippen LogP contribution in [-0.4, -0.2) is 11.5 Å². The zero-order valence-corrected chi connectivity index (χ0v) is 11.2. The van der Waals surface area contributed by atoms with Gasteiger partial charge >= 0.3 is 0 Å². The summed E-state index contributed by atoms with van der Waals surface area (Å²) in [4.78, 5) is 4.30. The second-order valence-corrected chi connectivity index (χ2v) is 4.74. The summed E-state index contributed by atoms with van der Waals surface area (Å²) in [6, 6.07) is 14.3. The summed E-state index contributed by atoms with van der Waals surface area (Å²) >= 11 is 5.98. The first kappa shape index (κ1) is 13.1. The van der Waals surface area contributed by atoms with Gasteiger partial charge in [0.2, 0.25) is 0 Å². The van der Waals surface area contributed by atoms with Crippen LogP contribution in [0.5, 0.6) is 0 Å². The van der Waals surface area contributed by atoms with E-state index in [0.717, 1.165) is 23.7 Å². The standard InChI is InChI=1S/C15H17ClN2/c1-12(13-5-4-6-14(16)11-13)17-10-8-15-7-2-3-9-18-15/h2-7,9,11-12,17H,8,10H2,1H3/t12-/m0/s1. The molecule has 1 atom stereocenters. The molecule has 2 aromatic rings. The van der Waals surface area contributed by atoms with Gasteiger partial charge < -0.3 is 5.32 Å². The van der Waals surface area contributed by atoms with Crippen molar-refractivity contribution in [2.24, 2.45) is 0 Å². The Morgan fingerprint density at radius 1 is 1.22 bits per heavy atom. The molecule has 0 saturated heterocycles. The third-order valence-corrected chi connectivity index (χ3v) is 3.14. The molecule has 0 amide bonds. The average Bonchev–Trinajstić information content (AvgIpc) is 2.40. The number of nitrogens with one attached hydrogen (secondary N) is 1. The summed E-state index contributed by atoms with van der Waals surface area (Å²) in [7, 11) is 0. The minimum Gasteiger partial charge on any atom is -0.310 e. The van der Waals surface area contributed by atoms with Gasteiger partial charge in [-0.05, 0) is 36.8 Å². The summed E-state index contributed by atoms with van der Waals surface area (Å²) in [5.41, 5.74) is 2.33. The summed E-state index contributed by atoms with van der Waals surface area (Å²) in [6.07, 6.45) is 2.77. The lowest BCUT2D eigenvalue weighted by atomic mass is 10.1. The molecule has 0 radical (unpaired) electrons. The highest BCUT2D eigenvalue weighted by atomic mass is 35.5. The van der Waals surface area contributed by atoms with Gasteiger partial charge in [0.15, 0.2) is 0 Å². The second kappa shape index (κ2) is 6.53. The number of hydrogen-bond acceptors (Lipinski definition) is 2. The van der Waals surface area contributed by atoms with Crippen molar-refractivity contribution in [2.45, 2.75) is 19.4 Å². The topological polar surface area (TPSA) is 24.9 Å². The number of halogens is 1. The van der Waals surface area contributed by atoms with Crippen molar-refractivity contribution in [1.29, 1.82) is 0 Å². The first-order valence-corrected chi connectivity index (χ1v) is 6.52. The molecule has 0 bridgehead atoms. The van der Waals surface area contributed by atoms with E-state index in [-0.39, 0.29) is 0 Å². The fraction of sp³-hybridized carbons (Fsp3) is 0.267. The highest BCUT2D eigenvalue weighted by Crippen LogP contribution is 2.17. The van der Waals surface area contributed by atoms with Crippen LogP contribution in [0.2, 0.25) is 5.02 Å². The van der Waals surface area contributed by atoms with Crippen molar-refractivity contribution in [3.63, 3.8) is 0 Å². The third-order valence-electron chi connectivity index (χ3n) is 2.91. The van der Waals surface area contributed by atoms with E-state index < -0.39 is 0 Å². The number of pyridine rings is 1. The van der Waals surface area contributed by atoms with Gasteiger partial charge in [0.1, 0.15) is 0 Å². The van der Waals surface area contributed by atoms with Crippen molar-refractivity contribution < 1.29 is 0 Å². The Morgan fingerprint density at radius 2 is 2.11 bits per heavy atom. The van der Waals surface area contributed by atoms with Crippen molar-refractivity contribution in [1.82, 2.24) is 10.3 Å². The van der Waals surface area contributed by atoms with Crippen LogP contribution in [-0.2, 0) is 6.42 Å². The van der Waals surface area contributed by atoms with E-state index in [1.807, 2.05) is 42.6 Å². The van der Waals surface area contributed by atoms with E-state index >= 15 is 0 Å². The molecule has 0 saturated carbocycles. The first-order chi connectivity index (χ1) is 8.75. The molecule has 0 aliphatic rings. The molecule has 1 aromatic carbocycles. The fourth-order valence-corrected chi connectivity index (χ4v) is 2.06. The molecule has 0 aliphatic carbocycles. The molecule has 0 unspecified atom stereocenters. The van der Waals surface area contributed by atoms with Crippen LogP contribution >= 0.6 is 11.6 Å². The molecule has 0 aliphatic heterocycles. The maximum absolute atomic E-state index is 5.98. The van der Waals surface area contributed by atoms with Gasteiger partial charge in [-0.3, -0.25) is 4.98 Å². The van der Waals surface area contributed by atoms with E-state index in [1.54, 1.807) is 0 Å². The highest BCUT2D eigenvalue weighted by molar-refractivity contribution is 6.30. The molecule has 1 heterocycles. The molecule has 2 rings (SSSR count). The molecule has 0 fully saturated rings. The smallest absolute Gasteiger partial charge is 0.0416 e. The molecule has 94 valence electrons. The van der Waals surface area contributed by atoms with E-state index in [9.17, 15) is 0 Å². The zero-order chi connectivity index (χ0) is 12.8. The van der Waals surface area contributed by atoms with Crippen molar-refractivity contribution >= 4 is 11.6 Å². The number of aromatic nitrogens is 1. The van der Waals surface area contributed by atoms with E-state index in [4.69, 9.17) is 11.6 Å². The molecule has 1 N–H and O–H groups in total. The van der Waals surface area contributed by atoms with Crippen LogP contribution in [0.1, 0.15) is 24.2 Å².